The number of nitrogens with one attached hydrogen (secondary N) is 1. The average molecular weight is 240 g/mol. The van der Waals surface area contributed by atoms with Crippen LogP contribution in [0.5, 0.6) is 0 Å². The molecule has 0 amide bonds. The lowest BCUT2D eigenvalue weighted by Crippen LogP contribution is -2.42. The van der Waals surface area contributed by atoms with E-state index in [0.29, 0.717) is 12.1 Å². The first kappa shape index (κ1) is 11.9. The zero-order valence-corrected chi connectivity index (χ0v) is 10.3. The molecule has 1 aromatic rings. The number of methoxy groups -OCH3 is 1. The van der Waals surface area contributed by atoms with Gasteiger partial charge in [0, 0.05) is 18.2 Å². The van der Waals surface area contributed by atoms with Crippen molar-refractivity contribution in [1.29, 1.82) is 0 Å². The second kappa shape index (κ2) is 5.67. The topological polar surface area (TPSA) is 21.3 Å². The smallest absolute Gasteiger partial charge is 0.0598 e. The number of halogens is 1. The van der Waals surface area contributed by atoms with Crippen LogP contribution in [-0.4, -0.2) is 25.8 Å². The molecule has 2 rings (SSSR count). The van der Waals surface area contributed by atoms with Gasteiger partial charge in [-0.05, 0) is 43.5 Å². The summed E-state index contributed by atoms with van der Waals surface area (Å²) < 4.78 is 5.42. The molecule has 1 N–H and O–H groups in total. The van der Waals surface area contributed by atoms with Crippen LogP contribution in [0.1, 0.15) is 18.4 Å². The molecule has 1 heterocycles. The molecule has 1 aliphatic rings. The van der Waals surface area contributed by atoms with Crippen LogP contribution in [-0.2, 0) is 11.2 Å². The molecule has 1 fully saturated rings. The molecule has 1 aromatic carbocycles. The maximum absolute atomic E-state index is 5.86. The molecular weight excluding hydrogens is 222 g/mol. The van der Waals surface area contributed by atoms with Gasteiger partial charge in [-0.25, -0.2) is 0 Å². The van der Waals surface area contributed by atoms with Crippen molar-refractivity contribution in [1.82, 2.24) is 5.32 Å². The Kier molecular flexibility index (Phi) is 4.22. The third-order valence-corrected chi connectivity index (χ3v) is 3.43. The second-order valence-corrected chi connectivity index (χ2v) is 4.80. The fourth-order valence-electron chi connectivity index (χ4n) is 2.24. The maximum atomic E-state index is 5.86. The molecule has 1 aliphatic heterocycles. The standard InChI is InChI=1S/C13H18ClNO/c1-16-13-6-7-15-12(9-13)8-10-2-4-11(14)5-3-10/h2-5,12-13,15H,6-9H2,1H3/t12-,13+/m0/s1. The number of hydrogen-bond acceptors (Lipinski definition) is 2. The maximum Gasteiger partial charge on any atom is 0.0598 e. The Morgan fingerprint density at radius 1 is 1.38 bits per heavy atom. The summed E-state index contributed by atoms with van der Waals surface area (Å²) in [4.78, 5) is 0. The van der Waals surface area contributed by atoms with Crippen LogP contribution in [0.2, 0.25) is 5.02 Å². The number of ether oxygens (including phenoxy) is 1. The Balaban J connectivity index is 1.91. The van der Waals surface area contributed by atoms with Gasteiger partial charge in [-0.3, -0.25) is 0 Å². The van der Waals surface area contributed by atoms with E-state index >= 15 is 0 Å². The highest BCUT2D eigenvalue weighted by molar-refractivity contribution is 6.30. The Labute approximate surface area is 102 Å². The van der Waals surface area contributed by atoms with Gasteiger partial charge in [-0.2, -0.15) is 0 Å². The number of benzene rings is 1. The van der Waals surface area contributed by atoms with E-state index in [9.17, 15) is 0 Å². The lowest BCUT2D eigenvalue weighted by atomic mass is 9.96. The Morgan fingerprint density at radius 2 is 2.12 bits per heavy atom. The van der Waals surface area contributed by atoms with Crippen molar-refractivity contribution in [3.05, 3.63) is 34.9 Å². The normalized spacial score (nSPS) is 25.6. The quantitative estimate of drug-likeness (QED) is 0.876. The van der Waals surface area contributed by atoms with Gasteiger partial charge in [0.1, 0.15) is 0 Å². The number of hydrogen-bond donors (Lipinski definition) is 1. The van der Waals surface area contributed by atoms with E-state index in [2.05, 4.69) is 17.4 Å². The first-order chi connectivity index (χ1) is 7.78. The highest BCUT2D eigenvalue weighted by atomic mass is 35.5. The van der Waals surface area contributed by atoms with Gasteiger partial charge in [0.15, 0.2) is 0 Å². The molecule has 16 heavy (non-hydrogen) atoms. The summed E-state index contributed by atoms with van der Waals surface area (Å²) in [5.74, 6) is 0. The lowest BCUT2D eigenvalue weighted by molar-refractivity contribution is 0.0621. The largest absolute Gasteiger partial charge is 0.381 e. The van der Waals surface area contributed by atoms with E-state index in [-0.39, 0.29) is 0 Å². The van der Waals surface area contributed by atoms with Gasteiger partial charge in [0.25, 0.3) is 0 Å². The van der Waals surface area contributed by atoms with Crippen LogP contribution in [0.4, 0.5) is 0 Å². The van der Waals surface area contributed by atoms with Crippen LogP contribution >= 0.6 is 11.6 Å². The fraction of sp³-hybridized carbons (Fsp3) is 0.538. The predicted octanol–water partition coefficient (Wildman–Crippen LogP) is 2.65. The highest BCUT2D eigenvalue weighted by Crippen LogP contribution is 2.17. The van der Waals surface area contributed by atoms with Crippen LogP contribution < -0.4 is 5.32 Å². The van der Waals surface area contributed by atoms with Crippen LogP contribution in [0, 0.1) is 0 Å². The first-order valence-corrected chi connectivity index (χ1v) is 6.16. The van der Waals surface area contributed by atoms with E-state index < -0.39 is 0 Å². The molecule has 88 valence electrons. The van der Waals surface area contributed by atoms with Gasteiger partial charge in [0.05, 0.1) is 6.10 Å². The van der Waals surface area contributed by atoms with Gasteiger partial charge >= 0.3 is 0 Å². The van der Waals surface area contributed by atoms with Crippen molar-refractivity contribution in [2.45, 2.75) is 31.4 Å². The SMILES string of the molecule is CO[C@@H]1CCN[C@@H](Cc2ccc(Cl)cc2)C1. The minimum Gasteiger partial charge on any atom is -0.381 e. The van der Waals surface area contributed by atoms with E-state index in [0.717, 1.165) is 30.8 Å². The van der Waals surface area contributed by atoms with Crippen LogP contribution in [0.25, 0.3) is 0 Å². The van der Waals surface area contributed by atoms with Crippen molar-refractivity contribution < 1.29 is 4.74 Å². The summed E-state index contributed by atoms with van der Waals surface area (Å²) in [6.07, 6.45) is 3.68. The zero-order chi connectivity index (χ0) is 11.4. The van der Waals surface area contributed by atoms with E-state index in [1.54, 1.807) is 7.11 Å². The first-order valence-electron chi connectivity index (χ1n) is 5.78. The summed E-state index contributed by atoms with van der Waals surface area (Å²) in [7, 11) is 1.80. The van der Waals surface area contributed by atoms with Gasteiger partial charge in [-0.15, -0.1) is 0 Å². The molecular formula is C13H18ClNO. The summed E-state index contributed by atoms with van der Waals surface area (Å²) in [5.41, 5.74) is 1.33. The molecule has 0 bridgehead atoms. The predicted molar refractivity (Wildman–Crippen MR) is 67.0 cm³/mol. The van der Waals surface area contributed by atoms with Gasteiger partial charge in [-0.1, -0.05) is 23.7 Å². The van der Waals surface area contributed by atoms with Crippen LogP contribution in [0.15, 0.2) is 24.3 Å². The molecule has 0 aromatic heterocycles. The Morgan fingerprint density at radius 3 is 2.81 bits per heavy atom. The third-order valence-electron chi connectivity index (χ3n) is 3.18. The lowest BCUT2D eigenvalue weighted by Gasteiger charge is -2.29. The van der Waals surface area contributed by atoms with Gasteiger partial charge < -0.3 is 10.1 Å². The van der Waals surface area contributed by atoms with E-state index in [1.165, 1.54) is 5.56 Å². The molecule has 0 spiro atoms. The molecule has 0 aliphatic carbocycles. The average Bonchev–Trinajstić information content (AvgIpc) is 2.32. The van der Waals surface area contributed by atoms with Crippen molar-refractivity contribution in [3.8, 4) is 0 Å². The van der Waals surface area contributed by atoms with Crippen molar-refractivity contribution in [3.63, 3.8) is 0 Å². The van der Waals surface area contributed by atoms with E-state index in [1.807, 2.05) is 12.1 Å². The van der Waals surface area contributed by atoms with Crippen molar-refractivity contribution >= 4 is 11.6 Å². The van der Waals surface area contributed by atoms with Crippen molar-refractivity contribution in [2.75, 3.05) is 13.7 Å². The minimum atomic E-state index is 0.415. The Hall–Kier alpha value is -0.570. The monoisotopic (exact) mass is 239 g/mol. The highest BCUT2D eigenvalue weighted by Gasteiger charge is 2.20. The third kappa shape index (κ3) is 3.21. The molecule has 2 atom stereocenters. The minimum absolute atomic E-state index is 0.415. The summed E-state index contributed by atoms with van der Waals surface area (Å²) in [6, 6.07) is 8.63. The number of piperidine rings is 1. The molecule has 2 nitrogen and oxygen atoms in total. The fourth-order valence-corrected chi connectivity index (χ4v) is 2.37. The molecule has 0 unspecified atom stereocenters. The van der Waals surface area contributed by atoms with Gasteiger partial charge in [0.2, 0.25) is 0 Å². The number of rotatable bonds is 3. The Bertz CT molecular complexity index is 325. The molecule has 0 saturated carbocycles. The summed E-state index contributed by atoms with van der Waals surface area (Å²) in [6.45, 7) is 1.05. The van der Waals surface area contributed by atoms with Crippen molar-refractivity contribution in [2.24, 2.45) is 0 Å². The molecule has 0 radical (unpaired) electrons. The second-order valence-electron chi connectivity index (χ2n) is 4.36. The summed E-state index contributed by atoms with van der Waals surface area (Å²) >= 11 is 5.86. The summed E-state index contributed by atoms with van der Waals surface area (Å²) in [5, 5.41) is 4.33. The van der Waals surface area contributed by atoms with E-state index in [4.69, 9.17) is 16.3 Å². The zero-order valence-electron chi connectivity index (χ0n) is 9.58. The molecule has 3 heteroatoms. The van der Waals surface area contributed by atoms with Crippen LogP contribution in [0.3, 0.4) is 0 Å². The molecule has 1 saturated heterocycles.